The van der Waals surface area contributed by atoms with Gasteiger partial charge in [-0.2, -0.15) is 5.10 Å². The summed E-state index contributed by atoms with van der Waals surface area (Å²) in [5, 5.41) is 14.5. The Balaban J connectivity index is 2.29. The highest BCUT2D eigenvalue weighted by Crippen LogP contribution is 2.28. The molecule has 5 heteroatoms. The fraction of sp³-hybridized carbons (Fsp3) is 0.308. The van der Waals surface area contributed by atoms with E-state index in [9.17, 15) is 5.11 Å². The van der Waals surface area contributed by atoms with Crippen molar-refractivity contribution in [3.05, 3.63) is 46.2 Å². The van der Waals surface area contributed by atoms with Gasteiger partial charge in [-0.15, -0.1) is 0 Å². The molecule has 0 saturated carbocycles. The van der Waals surface area contributed by atoms with Gasteiger partial charge in [-0.25, -0.2) is 0 Å². The molecular formula is C13H16BrN3O. The predicted molar refractivity (Wildman–Crippen MR) is 75.1 cm³/mol. The highest BCUT2D eigenvalue weighted by Gasteiger charge is 2.15. The van der Waals surface area contributed by atoms with Crippen molar-refractivity contribution in [1.29, 1.82) is 0 Å². The van der Waals surface area contributed by atoms with Crippen LogP contribution < -0.4 is 5.73 Å². The second-order valence-corrected chi connectivity index (χ2v) is 5.13. The molecule has 0 amide bonds. The number of nitrogens with zero attached hydrogens (tertiary/aromatic N) is 2. The number of nitrogen functional groups attached to an aromatic ring is 1. The minimum Gasteiger partial charge on any atom is -0.398 e. The van der Waals surface area contributed by atoms with E-state index in [4.69, 9.17) is 5.73 Å². The molecule has 0 spiro atoms. The Morgan fingerprint density at radius 3 is 3.00 bits per heavy atom. The van der Waals surface area contributed by atoms with Gasteiger partial charge >= 0.3 is 0 Å². The van der Waals surface area contributed by atoms with Crippen LogP contribution in [-0.2, 0) is 6.54 Å². The number of aliphatic hydroxyl groups is 1. The average molecular weight is 310 g/mol. The largest absolute Gasteiger partial charge is 0.398 e. The fourth-order valence-corrected chi connectivity index (χ4v) is 2.21. The molecule has 0 fully saturated rings. The average Bonchev–Trinajstić information content (AvgIpc) is 2.80. The Morgan fingerprint density at radius 1 is 1.50 bits per heavy atom. The Labute approximate surface area is 115 Å². The van der Waals surface area contributed by atoms with Gasteiger partial charge in [0.25, 0.3) is 0 Å². The first kappa shape index (κ1) is 13.1. The van der Waals surface area contributed by atoms with Crippen molar-refractivity contribution in [3.8, 4) is 0 Å². The number of rotatable bonds is 4. The number of anilines is 1. The zero-order chi connectivity index (χ0) is 13.1. The van der Waals surface area contributed by atoms with Crippen LogP contribution in [0.15, 0.2) is 35.1 Å². The van der Waals surface area contributed by atoms with Gasteiger partial charge in [0.2, 0.25) is 0 Å². The molecule has 0 aliphatic carbocycles. The SMILES string of the molecule is CCCn1cc(C(O)c2cc(Br)ccc2N)cn1. The Kier molecular flexibility index (Phi) is 4.04. The summed E-state index contributed by atoms with van der Waals surface area (Å²) in [4.78, 5) is 0. The third-order valence-electron chi connectivity index (χ3n) is 2.77. The van der Waals surface area contributed by atoms with Gasteiger partial charge in [0.05, 0.1) is 6.20 Å². The van der Waals surface area contributed by atoms with Crippen LogP contribution in [0, 0.1) is 0 Å². The zero-order valence-corrected chi connectivity index (χ0v) is 11.8. The van der Waals surface area contributed by atoms with Crippen LogP contribution >= 0.6 is 15.9 Å². The van der Waals surface area contributed by atoms with Gasteiger partial charge in [-0.1, -0.05) is 22.9 Å². The maximum atomic E-state index is 10.3. The molecule has 96 valence electrons. The van der Waals surface area contributed by atoms with E-state index in [1.54, 1.807) is 12.3 Å². The lowest BCUT2D eigenvalue weighted by Gasteiger charge is -2.12. The molecule has 1 atom stereocenters. The molecule has 0 saturated heterocycles. The third-order valence-corrected chi connectivity index (χ3v) is 3.26. The lowest BCUT2D eigenvalue weighted by molar-refractivity contribution is 0.221. The molecule has 4 nitrogen and oxygen atoms in total. The van der Waals surface area contributed by atoms with Gasteiger partial charge in [0.15, 0.2) is 0 Å². The van der Waals surface area contributed by atoms with Gasteiger partial charge < -0.3 is 10.8 Å². The first-order chi connectivity index (χ1) is 8.61. The topological polar surface area (TPSA) is 64.1 Å². The van der Waals surface area contributed by atoms with Crippen molar-refractivity contribution < 1.29 is 5.11 Å². The molecule has 2 aromatic rings. The van der Waals surface area contributed by atoms with Crippen LogP contribution in [0.5, 0.6) is 0 Å². The van der Waals surface area contributed by atoms with Crippen molar-refractivity contribution in [1.82, 2.24) is 9.78 Å². The maximum absolute atomic E-state index is 10.3. The first-order valence-electron chi connectivity index (χ1n) is 5.87. The number of hydrogen-bond acceptors (Lipinski definition) is 3. The Hall–Kier alpha value is -1.33. The second-order valence-electron chi connectivity index (χ2n) is 4.21. The Bertz CT molecular complexity index is 539. The summed E-state index contributed by atoms with van der Waals surface area (Å²) < 4.78 is 2.72. The second kappa shape index (κ2) is 5.54. The van der Waals surface area contributed by atoms with E-state index in [2.05, 4.69) is 28.0 Å². The van der Waals surface area contributed by atoms with E-state index in [-0.39, 0.29) is 0 Å². The quantitative estimate of drug-likeness (QED) is 0.854. The summed E-state index contributed by atoms with van der Waals surface area (Å²) in [6.07, 6.45) is 3.80. The molecule has 0 radical (unpaired) electrons. The zero-order valence-electron chi connectivity index (χ0n) is 10.2. The molecule has 1 aromatic heterocycles. The molecule has 1 unspecified atom stereocenters. The number of hydrogen-bond donors (Lipinski definition) is 2. The molecular weight excluding hydrogens is 294 g/mol. The fourth-order valence-electron chi connectivity index (χ4n) is 1.83. The molecule has 18 heavy (non-hydrogen) atoms. The minimum atomic E-state index is -0.742. The normalized spacial score (nSPS) is 12.6. The van der Waals surface area contributed by atoms with Crippen molar-refractivity contribution in [2.45, 2.75) is 26.0 Å². The predicted octanol–water partition coefficient (Wildman–Crippen LogP) is 2.72. The molecule has 0 bridgehead atoms. The summed E-state index contributed by atoms with van der Waals surface area (Å²) in [5.74, 6) is 0. The van der Waals surface area contributed by atoms with Crippen molar-refractivity contribution in [2.75, 3.05) is 5.73 Å². The highest BCUT2D eigenvalue weighted by molar-refractivity contribution is 9.10. The number of halogens is 1. The van der Waals surface area contributed by atoms with Gasteiger partial charge in [0.1, 0.15) is 6.10 Å². The van der Waals surface area contributed by atoms with E-state index < -0.39 is 6.10 Å². The maximum Gasteiger partial charge on any atom is 0.109 e. The van der Waals surface area contributed by atoms with Gasteiger partial charge in [-0.05, 0) is 24.6 Å². The number of nitrogens with two attached hydrogens (primary N) is 1. The monoisotopic (exact) mass is 309 g/mol. The van der Waals surface area contributed by atoms with Crippen molar-refractivity contribution >= 4 is 21.6 Å². The summed E-state index contributed by atoms with van der Waals surface area (Å²) in [6.45, 7) is 2.94. The lowest BCUT2D eigenvalue weighted by atomic mass is 10.0. The van der Waals surface area contributed by atoms with Crippen LogP contribution in [0.1, 0.15) is 30.6 Å². The summed E-state index contributed by atoms with van der Waals surface area (Å²) in [6, 6.07) is 5.46. The van der Waals surface area contributed by atoms with E-state index in [1.807, 2.05) is 23.0 Å². The van der Waals surface area contributed by atoms with Crippen molar-refractivity contribution in [2.24, 2.45) is 0 Å². The van der Waals surface area contributed by atoms with Gasteiger partial charge in [0, 0.05) is 34.0 Å². The minimum absolute atomic E-state index is 0.578. The van der Waals surface area contributed by atoms with Crippen LogP contribution in [0.25, 0.3) is 0 Å². The van der Waals surface area contributed by atoms with E-state index in [1.165, 1.54) is 0 Å². The van der Waals surface area contributed by atoms with Crippen LogP contribution in [-0.4, -0.2) is 14.9 Å². The highest BCUT2D eigenvalue weighted by atomic mass is 79.9. The number of aromatic nitrogens is 2. The summed E-state index contributed by atoms with van der Waals surface area (Å²) in [7, 11) is 0. The first-order valence-corrected chi connectivity index (χ1v) is 6.66. The molecule has 2 rings (SSSR count). The molecule has 0 aliphatic heterocycles. The summed E-state index contributed by atoms with van der Waals surface area (Å²) >= 11 is 3.38. The van der Waals surface area contributed by atoms with Crippen LogP contribution in [0.3, 0.4) is 0 Å². The van der Waals surface area contributed by atoms with E-state index in [0.717, 1.165) is 23.0 Å². The van der Waals surface area contributed by atoms with Crippen LogP contribution in [0.2, 0.25) is 0 Å². The van der Waals surface area contributed by atoms with Crippen molar-refractivity contribution in [3.63, 3.8) is 0 Å². The summed E-state index contributed by atoms with van der Waals surface area (Å²) in [5.41, 5.74) is 7.92. The number of benzene rings is 1. The van der Waals surface area contributed by atoms with E-state index in [0.29, 0.717) is 11.3 Å². The smallest absolute Gasteiger partial charge is 0.109 e. The molecule has 3 N–H and O–H groups in total. The standard InChI is InChI=1S/C13H16BrN3O/c1-2-5-17-8-9(7-16-17)13(18)11-6-10(14)3-4-12(11)15/h3-4,6-8,13,18H,2,5,15H2,1H3. The van der Waals surface area contributed by atoms with Gasteiger partial charge in [-0.3, -0.25) is 4.68 Å². The third kappa shape index (κ3) is 2.73. The molecule has 1 aromatic carbocycles. The number of aliphatic hydroxyl groups excluding tert-OH is 1. The Morgan fingerprint density at radius 2 is 2.28 bits per heavy atom. The van der Waals surface area contributed by atoms with E-state index >= 15 is 0 Å². The molecule has 0 aliphatic rings. The number of aryl methyl sites for hydroxylation is 1. The molecule has 1 heterocycles. The lowest BCUT2D eigenvalue weighted by Crippen LogP contribution is -2.03. The van der Waals surface area contributed by atoms with Crippen LogP contribution in [0.4, 0.5) is 5.69 Å².